The lowest BCUT2D eigenvalue weighted by atomic mass is 10.8. The van der Waals surface area contributed by atoms with Crippen LogP contribution in [0.1, 0.15) is 20.8 Å². The van der Waals surface area contributed by atoms with Gasteiger partial charge in [-0.05, 0) is 0 Å². The molecule has 0 spiro atoms. The van der Waals surface area contributed by atoms with E-state index in [1.165, 1.54) is 6.92 Å². The predicted octanol–water partition coefficient (Wildman–Crippen LogP) is 1.89. The average Bonchev–Trinajstić information content (AvgIpc) is 2.02. The van der Waals surface area contributed by atoms with E-state index < -0.39 is 13.1 Å². The van der Waals surface area contributed by atoms with Crippen LogP contribution >= 0.6 is 7.14 Å². The summed E-state index contributed by atoms with van der Waals surface area (Å²) in [5.74, 6) is -0.581. The van der Waals surface area contributed by atoms with Crippen LogP contribution in [-0.2, 0) is 14.1 Å². The van der Waals surface area contributed by atoms with E-state index in [4.69, 9.17) is 5.41 Å². The first-order chi connectivity index (χ1) is 5.46. The molecule has 0 aromatic carbocycles. The molecule has 0 fully saturated rings. The van der Waals surface area contributed by atoms with E-state index >= 15 is 0 Å². The highest BCUT2D eigenvalue weighted by atomic mass is 31.2. The Bertz CT molecular complexity index is 229. The number of nitrogens with one attached hydrogen (secondary N) is 1. The monoisotopic (exact) mass is 191 g/mol. The summed E-state index contributed by atoms with van der Waals surface area (Å²) >= 11 is 0. The van der Waals surface area contributed by atoms with Crippen molar-refractivity contribution in [1.29, 1.82) is 5.41 Å². The third-order valence-electron chi connectivity index (χ3n) is 1.63. The lowest BCUT2D eigenvalue weighted by Crippen LogP contribution is -2.11. The second-order valence-electron chi connectivity index (χ2n) is 2.42. The third kappa shape index (κ3) is 2.78. The van der Waals surface area contributed by atoms with Gasteiger partial charge in [0.2, 0.25) is 5.64 Å². The molecule has 70 valence electrons. The molecule has 0 aliphatic carbocycles. The van der Waals surface area contributed by atoms with Gasteiger partial charge in [-0.2, -0.15) is 0 Å². The first-order valence-electron chi connectivity index (χ1n) is 3.82. The summed E-state index contributed by atoms with van der Waals surface area (Å²) in [5.41, 5.74) is -0.361. The van der Waals surface area contributed by atoms with Crippen molar-refractivity contribution in [3.63, 3.8) is 0 Å². The fourth-order valence-electron chi connectivity index (χ4n) is 0.730. The largest absolute Gasteiger partial charge is 0.405 e. The van der Waals surface area contributed by atoms with Crippen molar-refractivity contribution in [2.75, 3.05) is 12.3 Å². The summed E-state index contributed by atoms with van der Waals surface area (Å²) in [6, 6.07) is 0. The van der Waals surface area contributed by atoms with Gasteiger partial charge in [0, 0.05) is 19.2 Å². The Hall–Kier alpha value is -0.630. The van der Waals surface area contributed by atoms with Gasteiger partial charge in [-0.25, -0.2) is 0 Å². The van der Waals surface area contributed by atoms with Crippen molar-refractivity contribution in [2.45, 2.75) is 20.8 Å². The zero-order valence-corrected chi connectivity index (χ0v) is 8.48. The Morgan fingerprint density at radius 3 is 2.08 bits per heavy atom. The Balaban J connectivity index is 4.44. The molecule has 0 saturated heterocycles. The van der Waals surface area contributed by atoms with Crippen molar-refractivity contribution in [2.24, 2.45) is 0 Å². The lowest BCUT2D eigenvalue weighted by Gasteiger charge is -2.13. The van der Waals surface area contributed by atoms with Gasteiger partial charge in [0.05, 0.1) is 0 Å². The molecular weight excluding hydrogens is 177 g/mol. The number of carbonyl (C=O) groups is 1. The zero-order valence-electron chi connectivity index (χ0n) is 7.59. The molecule has 0 rings (SSSR count). The molecule has 1 N–H and O–H groups in total. The molecule has 0 saturated carbocycles. The molecule has 0 aliphatic heterocycles. The Morgan fingerprint density at radius 2 is 1.83 bits per heavy atom. The molecule has 0 aromatic heterocycles. The fourth-order valence-corrected chi connectivity index (χ4v) is 2.05. The second kappa shape index (κ2) is 4.41. The Kier molecular flexibility index (Phi) is 4.18. The molecule has 0 atom stereocenters. The summed E-state index contributed by atoms with van der Waals surface area (Å²) < 4.78 is 16.2. The highest BCUT2D eigenvalue weighted by Gasteiger charge is 2.26. The molecular formula is C7H14NO3P. The summed E-state index contributed by atoms with van der Waals surface area (Å²) in [4.78, 5) is 10.4. The van der Waals surface area contributed by atoms with Crippen LogP contribution in [0.4, 0.5) is 0 Å². The van der Waals surface area contributed by atoms with Crippen molar-refractivity contribution >= 4 is 18.8 Å². The summed E-state index contributed by atoms with van der Waals surface area (Å²) in [6.07, 6.45) is 0.741. The number of rotatable bonds is 3. The van der Waals surface area contributed by atoms with Crippen LogP contribution < -0.4 is 0 Å². The van der Waals surface area contributed by atoms with Gasteiger partial charge in [-0.15, -0.1) is 0 Å². The maximum absolute atomic E-state index is 11.7. The minimum Gasteiger partial charge on any atom is -0.405 e. The fraction of sp³-hybridized carbons (Fsp3) is 0.714. The van der Waals surface area contributed by atoms with Crippen molar-refractivity contribution in [3.05, 3.63) is 0 Å². The molecule has 0 radical (unpaired) electrons. The van der Waals surface area contributed by atoms with Crippen LogP contribution in [0, 0.1) is 5.41 Å². The maximum atomic E-state index is 11.7. The van der Waals surface area contributed by atoms with Crippen LogP contribution in [0.2, 0.25) is 0 Å². The van der Waals surface area contributed by atoms with Crippen molar-refractivity contribution in [1.82, 2.24) is 0 Å². The summed E-state index contributed by atoms with van der Waals surface area (Å²) in [7, 11) is -2.69. The quantitative estimate of drug-likeness (QED) is 0.320. The topological polar surface area (TPSA) is 67.2 Å². The van der Waals surface area contributed by atoms with Crippen LogP contribution in [0.5, 0.6) is 0 Å². The molecule has 0 aliphatic rings. The van der Waals surface area contributed by atoms with Gasteiger partial charge < -0.3 is 9.30 Å². The smallest absolute Gasteiger partial charge is 0.309 e. The number of ether oxygens (including phenoxy) is 1. The molecule has 0 unspecified atom stereocenters. The van der Waals surface area contributed by atoms with Gasteiger partial charge in [-0.1, -0.05) is 13.8 Å². The number of carbonyl (C=O) groups excluding carboxylic acids is 1. The molecule has 0 aromatic rings. The van der Waals surface area contributed by atoms with Crippen molar-refractivity contribution < 1.29 is 14.1 Å². The van der Waals surface area contributed by atoms with Crippen LogP contribution in [0.25, 0.3) is 0 Å². The molecule has 0 bridgehead atoms. The molecule has 5 heteroatoms. The van der Waals surface area contributed by atoms with Crippen LogP contribution in [0.15, 0.2) is 0 Å². The van der Waals surface area contributed by atoms with Gasteiger partial charge in [0.15, 0.2) is 7.14 Å². The van der Waals surface area contributed by atoms with E-state index in [1.54, 1.807) is 13.8 Å². The SMILES string of the molecule is CCP(=O)(CC)C(=N)OC(C)=O. The van der Waals surface area contributed by atoms with Crippen LogP contribution in [0.3, 0.4) is 0 Å². The van der Waals surface area contributed by atoms with Gasteiger partial charge in [0.1, 0.15) is 0 Å². The average molecular weight is 191 g/mol. The third-order valence-corrected chi connectivity index (χ3v) is 4.51. The van der Waals surface area contributed by atoms with E-state index in [0.717, 1.165) is 0 Å². The van der Waals surface area contributed by atoms with Crippen LogP contribution in [-0.4, -0.2) is 23.9 Å². The molecule has 0 amide bonds. The second-order valence-corrected chi connectivity index (χ2v) is 5.87. The predicted molar refractivity (Wildman–Crippen MR) is 48.2 cm³/mol. The number of hydrogen-bond acceptors (Lipinski definition) is 4. The highest BCUT2D eigenvalue weighted by Crippen LogP contribution is 2.45. The Morgan fingerprint density at radius 1 is 1.42 bits per heavy atom. The van der Waals surface area contributed by atoms with E-state index in [0.29, 0.717) is 12.3 Å². The van der Waals surface area contributed by atoms with E-state index in [-0.39, 0.29) is 5.64 Å². The van der Waals surface area contributed by atoms with E-state index in [1.807, 2.05) is 0 Å². The van der Waals surface area contributed by atoms with Gasteiger partial charge >= 0.3 is 5.97 Å². The standard InChI is InChI=1S/C7H14NO3P/c1-4-12(10,5-2)7(8)11-6(3)9/h8H,4-5H2,1-3H3. The number of esters is 1. The minimum absolute atomic E-state index is 0.361. The normalized spacial score (nSPS) is 10.9. The molecule has 0 heterocycles. The molecule has 12 heavy (non-hydrogen) atoms. The van der Waals surface area contributed by atoms with Crippen molar-refractivity contribution in [3.8, 4) is 0 Å². The summed E-state index contributed by atoms with van der Waals surface area (Å²) in [5, 5.41) is 7.27. The van der Waals surface area contributed by atoms with Gasteiger partial charge in [0.25, 0.3) is 0 Å². The van der Waals surface area contributed by atoms with Gasteiger partial charge in [-0.3, -0.25) is 10.2 Å². The zero-order chi connectivity index (χ0) is 9.78. The lowest BCUT2D eigenvalue weighted by molar-refractivity contribution is -0.132. The minimum atomic E-state index is -2.69. The maximum Gasteiger partial charge on any atom is 0.309 e. The number of hydrogen-bond donors (Lipinski definition) is 1. The summed E-state index contributed by atoms with van der Waals surface area (Å²) in [6.45, 7) is 4.65. The Labute approximate surface area is 72.2 Å². The first-order valence-corrected chi connectivity index (χ1v) is 5.89. The van der Waals surface area contributed by atoms with E-state index in [9.17, 15) is 9.36 Å². The molecule has 4 nitrogen and oxygen atoms in total. The van der Waals surface area contributed by atoms with E-state index in [2.05, 4.69) is 4.74 Å². The highest BCUT2D eigenvalue weighted by molar-refractivity contribution is 7.80. The first kappa shape index (κ1) is 11.4.